The Morgan fingerprint density at radius 3 is 2.88 bits per heavy atom. The summed E-state index contributed by atoms with van der Waals surface area (Å²) in [7, 11) is 0. The predicted octanol–water partition coefficient (Wildman–Crippen LogP) is 2.08. The van der Waals surface area contributed by atoms with E-state index in [4.69, 9.17) is 11.1 Å². The fourth-order valence-electron chi connectivity index (χ4n) is 2.62. The minimum Gasteiger partial charge on any atom is -0.383 e. The molecule has 0 spiro atoms. The Kier molecular flexibility index (Phi) is 3.56. The SMILES string of the molecule is Cl.N=C(N)c1ccc(C2=C[C@H]3CNC[C@H]3C2)s1. The molecule has 0 amide bonds. The minimum atomic E-state index is 0. The number of fused-ring (bicyclic) bond motifs is 1. The molecule has 3 rings (SSSR count). The van der Waals surface area contributed by atoms with Crippen molar-refractivity contribution in [3.63, 3.8) is 0 Å². The Hall–Kier alpha value is -0.840. The van der Waals surface area contributed by atoms with Gasteiger partial charge in [0.15, 0.2) is 0 Å². The Morgan fingerprint density at radius 2 is 2.24 bits per heavy atom. The van der Waals surface area contributed by atoms with Crippen LogP contribution in [0.1, 0.15) is 16.2 Å². The summed E-state index contributed by atoms with van der Waals surface area (Å²) in [5.74, 6) is 1.69. The number of amidine groups is 1. The van der Waals surface area contributed by atoms with Gasteiger partial charge in [-0.1, -0.05) is 6.08 Å². The van der Waals surface area contributed by atoms with Gasteiger partial charge in [-0.3, -0.25) is 5.41 Å². The number of rotatable bonds is 2. The van der Waals surface area contributed by atoms with E-state index in [1.54, 1.807) is 11.3 Å². The lowest BCUT2D eigenvalue weighted by Crippen LogP contribution is -2.09. The lowest BCUT2D eigenvalue weighted by molar-refractivity contribution is 0.536. The second kappa shape index (κ2) is 4.80. The Labute approximate surface area is 111 Å². The van der Waals surface area contributed by atoms with Crippen molar-refractivity contribution in [2.75, 3.05) is 13.1 Å². The summed E-state index contributed by atoms with van der Waals surface area (Å²) in [5.41, 5.74) is 6.93. The van der Waals surface area contributed by atoms with E-state index in [-0.39, 0.29) is 18.2 Å². The molecule has 92 valence electrons. The van der Waals surface area contributed by atoms with Crippen LogP contribution >= 0.6 is 23.7 Å². The maximum Gasteiger partial charge on any atom is 0.133 e. The van der Waals surface area contributed by atoms with Crippen LogP contribution < -0.4 is 11.1 Å². The van der Waals surface area contributed by atoms with Crippen molar-refractivity contribution in [1.29, 1.82) is 5.41 Å². The first kappa shape index (κ1) is 12.6. The number of halogens is 1. The molecule has 5 heteroatoms. The van der Waals surface area contributed by atoms with Crippen molar-refractivity contribution in [1.82, 2.24) is 5.32 Å². The van der Waals surface area contributed by atoms with Gasteiger partial charge in [0.25, 0.3) is 0 Å². The zero-order valence-electron chi connectivity index (χ0n) is 9.40. The highest BCUT2D eigenvalue weighted by Gasteiger charge is 2.32. The zero-order chi connectivity index (χ0) is 11.1. The van der Waals surface area contributed by atoms with Crippen molar-refractivity contribution in [2.24, 2.45) is 17.6 Å². The van der Waals surface area contributed by atoms with Gasteiger partial charge in [-0.25, -0.2) is 0 Å². The van der Waals surface area contributed by atoms with Gasteiger partial charge in [-0.15, -0.1) is 23.7 Å². The Bertz CT molecular complexity index is 466. The standard InChI is InChI=1S/C12H15N3S.ClH/c13-12(14)11-2-1-10(16-11)7-3-8-5-15-6-9(8)4-7;/h1-3,8-9,15H,4-6H2,(H3,13,14);1H/t8-,9+;/m0./s1. The smallest absolute Gasteiger partial charge is 0.133 e. The average Bonchev–Trinajstić information content (AvgIpc) is 2.91. The Balaban J connectivity index is 0.00000108. The molecule has 2 atom stereocenters. The number of nitrogens with two attached hydrogens (primary N) is 1. The van der Waals surface area contributed by atoms with Crippen LogP contribution in [0.4, 0.5) is 0 Å². The molecule has 1 saturated heterocycles. The molecule has 0 unspecified atom stereocenters. The summed E-state index contributed by atoms with van der Waals surface area (Å²) in [5, 5.41) is 10.8. The van der Waals surface area contributed by atoms with Crippen LogP contribution in [-0.2, 0) is 0 Å². The summed E-state index contributed by atoms with van der Waals surface area (Å²) in [6.45, 7) is 2.27. The van der Waals surface area contributed by atoms with Gasteiger partial charge in [-0.2, -0.15) is 0 Å². The van der Waals surface area contributed by atoms with Crippen molar-refractivity contribution >= 4 is 35.2 Å². The van der Waals surface area contributed by atoms with E-state index in [1.807, 2.05) is 6.07 Å². The maximum atomic E-state index is 7.40. The summed E-state index contributed by atoms with van der Waals surface area (Å²) in [6, 6.07) is 4.05. The minimum absolute atomic E-state index is 0. The summed E-state index contributed by atoms with van der Waals surface area (Å²) in [4.78, 5) is 2.17. The predicted molar refractivity (Wildman–Crippen MR) is 75.0 cm³/mol. The van der Waals surface area contributed by atoms with Gasteiger partial charge in [0.05, 0.1) is 4.88 Å². The van der Waals surface area contributed by atoms with Crippen LogP contribution in [0.5, 0.6) is 0 Å². The van der Waals surface area contributed by atoms with Crippen LogP contribution in [0.2, 0.25) is 0 Å². The first-order valence-electron chi connectivity index (χ1n) is 5.60. The molecule has 0 aromatic carbocycles. The molecule has 0 bridgehead atoms. The number of allylic oxidation sites excluding steroid dienone is 1. The van der Waals surface area contributed by atoms with Crippen molar-refractivity contribution in [3.8, 4) is 0 Å². The van der Waals surface area contributed by atoms with Crippen LogP contribution in [0.25, 0.3) is 5.57 Å². The fourth-order valence-corrected chi connectivity index (χ4v) is 3.52. The summed E-state index contributed by atoms with van der Waals surface area (Å²) >= 11 is 1.64. The molecule has 3 nitrogen and oxygen atoms in total. The van der Waals surface area contributed by atoms with Crippen LogP contribution in [0, 0.1) is 17.2 Å². The molecule has 1 aliphatic carbocycles. The number of hydrogen-bond donors (Lipinski definition) is 3. The molecule has 2 heterocycles. The molecule has 17 heavy (non-hydrogen) atoms. The number of hydrogen-bond acceptors (Lipinski definition) is 3. The van der Waals surface area contributed by atoms with Gasteiger partial charge in [0.1, 0.15) is 5.84 Å². The first-order chi connectivity index (χ1) is 7.74. The molecule has 0 saturated carbocycles. The van der Waals surface area contributed by atoms with Gasteiger partial charge >= 0.3 is 0 Å². The first-order valence-corrected chi connectivity index (χ1v) is 6.41. The molecule has 1 aliphatic heterocycles. The zero-order valence-corrected chi connectivity index (χ0v) is 11.0. The van der Waals surface area contributed by atoms with E-state index in [0.717, 1.165) is 29.8 Å². The molecule has 2 aliphatic rings. The van der Waals surface area contributed by atoms with Crippen molar-refractivity contribution in [3.05, 3.63) is 28.0 Å². The Morgan fingerprint density at radius 1 is 1.41 bits per heavy atom. The molecule has 1 fully saturated rings. The molecule has 1 aromatic rings. The average molecular weight is 270 g/mol. The monoisotopic (exact) mass is 269 g/mol. The summed E-state index contributed by atoms with van der Waals surface area (Å²) < 4.78 is 0. The quantitative estimate of drug-likeness (QED) is 0.569. The topological polar surface area (TPSA) is 61.9 Å². The summed E-state index contributed by atoms with van der Waals surface area (Å²) in [6.07, 6.45) is 3.58. The van der Waals surface area contributed by atoms with Gasteiger partial charge < -0.3 is 11.1 Å². The fraction of sp³-hybridized carbons (Fsp3) is 0.417. The van der Waals surface area contributed by atoms with Crippen molar-refractivity contribution < 1.29 is 0 Å². The highest BCUT2D eigenvalue weighted by atomic mass is 35.5. The van der Waals surface area contributed by atoms with Crippen molar-refractivity contribution in [2.45, 2.75) is 6.42 Å². The van der Waals surface area contributed by atoms with Crippen LogP contribution in [0.15, 0.2) is 18.2 Å². The molecular formula is C12H16ClN3S. The normalized spacial score (nSPS) is 26.2. The van der Waals surface area contributed by atoms with E-state index in [9.17, 15) is 0 Å². The third kappa shape index (κ3) is 2.25. The largest absolute Gasteiger partial charge is 0.383 e. The molecule has 1 aromatic heterocycles. The van der Waals surface area contributed by atoms with E-state index in [0.29, 0.717) is 0 Å². The van der Waals surface area contributed by atoms with E-state index in [1.165, 1.54) is 16.9 Å². The van der Waals surface area contributed by atoms with Gasteiger partial charge in [0.2, 0.25) is 0 Å². The third-order valence-electron chi connectivity index (χ3n) is 3.48. The maximum absolute atomic E-state index is 7.40. The number of nitrogen functional groups attached to an aromatic ring is 1. The third-order valence-corrected chi connectivity index (χ3v) is 4.67. The van der Waals surface area contributed by atoms with E-state index < -0.39 is 0 Å². The van der Waals surface area contributed by atoms with E-state index >= 15 is 0 Å². The van der Waals surface area contributed by atoms with Crippen LogP contribution in [-0.4, -0.2) is 18.9 Å². The molecule has 4 N–H and O–H groups in total. The number of thiophene rings is 1. The highest BCUT2D eigenvalue weighted by molar-refractivity contribution is 7.15. The lowest BCUT2D eigenvalue weighted by Gasteiger charge is -2.04. The van der Waals surface area contributed by atoms with Crippen LogP contribution in [0.3, 0.4) is 0 Å². The van der Waals surface area contributed by atoms with Gasteiger partial charge in [0, 0.05) is 11.4 Å². The second-order valence-electron chi connectivity index (χ2n) is 4.56. The molecular weight excluding hydrogens is 254 g/mol. The lowest BCUT2D eigenvalue weighted by atomic mass is 10.00. The second-order valence-corrected chi connectivity index (χ2v) is 5.64. The van der Waals surface area contributed by atoms with Gasteiger partial charge in [-0.05, 0) is 42.5 Å². The molecule has 0 radical (unpaired) electrons. The number of nitrogens with one attached hydrogen (secondary N) is 2. The van der Waals surface area contributed by atoms with E-state index in [2.05, 4.69) is 17.5 Å². The highest BCUT2D eigenvalue weighted by Crippen LogP contribution is 2.40.